The van der Waals surface area contributed by atoms with E-state index in [0.29, 0.717) is 0 Å². The van der Waals surface area contributed by atoms with Gasteiger partial charge in [-0.15, -0.1) is 0 Å². The summed E-state index contributed by atoms with van der Waals surface area (Å²) in [5.41, 5.74) is 3.06. The molecule has 0 atom stereocenters. The van der Waals surface area contributed by atoms with Crippen LogP contribution in [0.4, 0.5) is 0 Å². The molecule has 0 radical (unpaired) electrons. The molecule has 0 aromatic heterocycles. The van der Waals surface area contributed by atoms with Gasteiger partial charge in [0.15, 0.2) is 0 Å². The molecule has 78 valence electrons. The molecular weight excluding hydrogens is 367 g/mol. The second-order valence-electron chi connectivity index (χ2n) is 4.21. The molecule has 0 saturated carbocycles. The average Bonchev–Trinajstić information content (AvgIpc) is 2.01. The summed E-state index contributed by atoms with van der Waals surface area (Å²) in [6, 6.07) is 6.73. The predicted octanol–water partition coefficient (Wildman–Crippen LogP) is 2.02. The van der Waals surface area contributed by atoms with Crippen LogP contribution in [0.3, 0.4) is 0 Å². The Labute approximate surface area is 95.8 Å². The van der Waals surface area contributed by atoms with Gasteiger partial charge in [0.05, 0.1) is 0 Å². The normalized spacial score (nSPS) is 11.4. The van der Waals surface area contributed by atoms with Gasteiger partial charge in [-0.2, -0.15) is 0 Å². The summed E-state index contributed by atoms with van der Waals surface area (Å²) in [6.45, 7) is 3.34. The van der Waals surface area contributed by atoms with Gasteiger partial charge in [-0.05, 0) is 0 Å². The maximum absolute atomic E-state index is 2.47. The Kier molecular flexibility index (Phi) is 4.53. The van der Waals surface area contributed by atoms with Crippen molar-refractivity contribution in [1.82, 2.24) is 4.90 Å². The van der Waals surface area contributed by atoms with Gasteiger partial charge in [-0.25, -0.2) is 0 Å². The molecular formula is C12H20BiN. The minimum atomic E-state index is -1.30. The van der Waals surface area contributed by atoms with E-state index in [4.69, 9.17) is 0 Å². The first kappa shape index (κ1) is 12.1. The first-order valence-corrected chi connectivity index (χ1v) is 13.6. The Morgan fingerprint density at radius 3 is 2.36 bits per heavy atom. The first-order valence-electron chi connectivity index (χ1n) is 4.93. The van der Waals surface area contributed by atoms with E-state index in [2.05, 4.69) is 53.4 Å². The number of hydrogen-bond donors (Lipinski definition) is 0. The third kappa shape index (κ3) is 3.03. The summed E-state index contributed by atoms with van der Waals surface area (Å²) >= 11 is -1.30. The van der Waals surface area contributed by atoms with Crippen LogP contribution in [-0.2, 0) is 6.54 Å². The van der Waals surface area contributed by atoms with Crippen LogP contribution in [-0.4, -0.2) is 40.7 Å². The molecule has 1 nitrogen and oxygen atoms in total. The van der Waals surface area contributed by atoms with Crippen molar-refractivity contribution in [2.24, 2.45) is 0 Å². The van der Waals surface area contributed by atoms with Gasteiger partial charge in [-0.1, -0.05) is 0 Å². The molecule has 0 aliphatic heterocycles. The van der Waals surface area contributed by atoms with Crippen LogP contribution in [0, 0.1) is 6.92 Å². The van der Waals surface area contributed by atoms with E-state index in [1.54, 1.807) is 8.83 Å². The van der Waals surface area contributed by atoms with Crippen molar-refractivity contribution in [2.75, 3.05) is 14.1 Å². The van der Waals surface area contributed by atoms with Gasteiger partial charge in [0.1, 0.15) is 0 Å². The van der Waals surface area contributed by atoms with Crippen molar-refractivity contribution in [3.05, 3.63) is 29.3 Å². The molecule has 1 rings (SSSR count). The van der Waals surface area contributed by atoms with Gasteiger partial charge in [0.2, 0.25) is 0 Å². The van der Waals surface area contributed by atoms with Crippen LogP contribution in [0.5, 0.6) is 0 Å². The fourth-order valence-electron chi connectivity index (χ4n) is 1.83. The Hall–Kier alpha value is 0.0631. The summed E-state index contributed by atoms with van der Waals surface area (Å²) in [4.78, 5) is 2.26. The molecule has 1 aromatic rings. The third-order valence-electron chi connectivity index (χ3n) is 2.26. The van der Waals surface area contributed by atoms with E-state index in [9.17, 15) is 0 Å². The van der Waals surface area contributed by atoms with Crippen molar-refractivity contribution in [3.63, 3.8) is 0 Å². The molecule has 1 aromatic carbocycles. The summed E-state index contributed by atoms with van der Waals surface area (Å²) < 4.78 is 6.66. The van der Waals surface area contributed by atoms with Crippen molar-refractivity contribution >= 4 is 25.0 Å². The summed E-state index contributed by atoms with van der Waals surface area (Å²) in [5.74, 6) is 0. The van der Waals surface area contributed by atoms with Gasteiger partial charge in [-0.3, -0.25) is 0 Å². The Morgan fingerprint density at radius 2 is 1.86 bits per heavy atom. The van der Waals surface area contributed by atoms with Crippen LogP contribution >= 0.6 is 0 Å². The molecule has 0 heterocycles. The quantitative estimate of drug-likeness (QED) is 0.718. The van der Waals surface area contributed by atoms with Crippen molar-refractivity contribution in [3.8, 4) is 0 Å². The molecule has 0 amide bonds. The zero-order chi connectivity index (χ0) is 10.7. The molecule has 0 unspecified atom stereocenters. The monoisotopic (exact) mass is 387 g/mol. The number of benzene rings is 1. The van der Waals surface area contributed by atoms with Gasteiger partial charge >= 0.3 is 96.1 Å². The predicted molar refractivity (Wildman–Crippen MR) is 65.7 cm³/mol. The fourth-order valence-corrected chi connectivity index (χ4v) is 7.66. The van der Waals surface area contributed by atoms with E-state index in [1.165, 1.54) is 5.56 Å². The molecule has 0 N–H and O–H groups in total. The Morgan fingerprint density at radius 1 is 1.21 bits per heavy atom. The average molecular weight is 387 g/mol. The summed E-state index contributed by atoms with van der Waals surface area (Å²) in [6.07, 6.45) is 0. The molecule has 0 aliphatic rings. The van der Waals surface area contributed by atoms with E-state index >= 15 is 0 Å². The van der Waals surface area contributed by atoms with E-state index in [1.807, 2.05) is 0 Å². The number of rotatable bonds is 3. The van der Waals surface area contributed by atoms with Gasteiger partial charge < -0.3 is 0 Å². The number of nitrogens with zero attached hydrogens (tertiary/aromatic N) is 1. The van der Waals surface area contributed by atoms with E-state index in [-0.39, 0.29) is 0 Å². The molecule has 0 spiro atoms. The number of hydrogen-bond acceptors (Lipinski definition) is 1. The second-order valence-corrected chi connectivity index (χ2v) is 12.9. The van der Waals surface area contributed by atoms with Gasteiger partial charge in [0.25, 0.3) is 0 Å². The van der Waals surface area contributed by atoms with Crippen molar-refractivity contribution in [2.45, 2.75) is 22.7 Å². The zero-order valence-corrected chi connectivity index (χ0v) is 13.3. The number of aryl methyl sites for hydroxylation is 1. The van der Waals surface area contributed by atoms with Crippen molar-refractivity contribution in [1.29, 1.82) is 0 Å². The topological polar surface area (TPSA) is 3.24 Å². The summed E-state index contributed by atoms with van der Waals surface area (Å²) in [5, 5.41) is 0. The molecule has 0 fully saturated rings. The molecule has 2 heteroatoms. The molecule has 0 aliphatic carbocycles. The Bertz CT molecular complexity index is 305. The minimum absolute atomic E-state index is 1.09. The molecule has 0 saturated heterocycles. The van der Waals surface area contributed by atoms with E-state index < -0.39 is 21.8 Å². The zero-order valence-electron chi connectivity index (χ0n) is 9.83. The maximum atomic E-state index is 2.47. The SMILES string of the molecule is Cc1cccc(CN(C)C)[c]1[Bi]([CH3])[CH3]. The van der Waals surface area contributed by atoms with Crippen LogP contribution in [0.1, 0.15) is 11.1 Å². The van der Waals surface area contributed by atoms with Crippen LogP contribution in [0.25, 0.3) is 0 Å². The standard InChI is InChI=1S/C10H14N.2CH3.Bi/c1-9-5-4-6-10(7-9)8-11(2)3;;;/h4-6H,8H2,1-3H3;2*1H3;. The van der Waals surface area contributed by atoms with Crippen molar-refractivity contribution < 1.29 is 0 Å². The molecule has 0 bridgehead atoms. The molecule has 14 heavy (non-hydrogen) atoms. The fraction of sp³-hybridized carbons (Fsp3) is 0.500. The van der Waals surface area contributed by atoms with Crippen LogP contribution < -0.4 is 3.27 Å². The van der Waals surface area contributed by atoms with Crippen LogP contribution in [0.2, 0.25) is 9.26 Å². The van der Waals surface area contributed by atoms with Gasteiger partial charge in [0, 0.05) is 0 Å². The third-order valence-corrected chi connectivity index (χ3v) is 8.22. The Balaban J connectivity index is 3.08. The van der Waals surface area contributed by atoms with E-state index in [0.717, 1.165) is 6.54 Å². The first-order chi connectivity index (χ1) is 6.52. The second kappa shape index (κ2) is 5.23. The summed E-state index contributed by atoms with van der Waals surface area (Å²) in [7, 11) is 4.28. The van der Waals surface area contributed by atoms with Crippen LogP contribution in [0.15, 0.2) is 18.2 Å².